The van der Waals surface area contributed by atoms with Crippen LogP contribution in [-0.4, -0.2) is 18.2 Å². The molecule has 0 aliphatic heterocycles. The maximum absolute atomic E-state index is 10.9. The Morgan fingerprint density at radius 3 is 2.60 bits per heavy atom. The van der Waals surface area contributed by atoms with Gasteiger partial charge in [0.25, 0.3) is 0 Å². The van der Waals surface area contributed by atoms with Crippen molar-refractivity contribution in [1.82, 2.24) is 0 Å². The molecule has 82 valence electrons. The molecule has 0 amide bonds. The molecule has 1 atom stereocenters. The predicted molar refractivity (Wildman–Crippen MR) is 57.2 cm³/mol. The fourth-order valence-corrected chi connectivity index (χ4v) is 1.37. The van der Waals surface area contributed by atoms with Crippen LogP contribution < -0.4 is 10.5 Å². The molecule has 0 bridgehead atoms. The molecule has 5 heteroatoms. The smallest absolute Gasteiger partial charge is 0.328 e. The molecule has 1 rings (SSSR count). The average Bonchev–Trinajstić information content (AvgIpc) is 2.17. The molecule has 0 fully saturated rings. The van der Waals surface area contributed by atoms with E-state index in [9.17, 15) is 4.79 Å². The highest BCUT2D eigenvalue weighted by Gasteiger charge is 2.30. The molecule has 1 aromatic rings. The van der Waals surface area contributed by atoms with Crippen LogP contribution in [0.4, 0.5) is 0 Å². The SMILES string of the molecule is COc1ccc([C@](C)(N)C(=O)O)cc1Cl. The van der Waals surface area contributed by atoms with Gasteiger partial charge in [0.05, 0.1) is 12.1 Å². The second-order valence-corrected chi connectivity index (χ2v) is 3.76. The molecule has 0 spiro atoms. The molecular weight excluding hydrogens is 218 g/mol. The lowest BCUT2D eigenvalue weighted by atomic mass is 9.93. The van der Waals surface area contributed by atoms with Gasteiger partial charge in [0.1, 0.15) is 11.3 Å². The molecule has 1 aromatic carbocycles. The highest BCUT2D eigenvalue weighted by atomic mass is 35.5. The number of carboxylic acids is 1. The van der Waals surface area contributed by atoms with Gasteiger partial charge in [0.2, 0.25) is 0 Å². The number of hydrogen-bond acceptors (Lipinski definition) is 3. The fourth-order valence-electron chi connectivity index (χ4n) is 1.11. The average molecular weight is 230 g/mol. The zero-order chi connectivity index (χ0) is 11.6. The van der Waals surface area contributed by atoms with Gasteiger partial charge in [-0.25, -0.2) is 4.79 Å². The van der Waals surface area contributed by atoms with Gasteiger partial charge in [-0.15, -0.1) is 0 Å². The summed E-state index contributed by atoms with van der Waals surface area (Å²) in [4.78, 5) is 10.9. The Morgan fingerprint density at radius 1 is 1.60 bits per heavy atom. The first-order valence-electron chi connectivity index (χ1n) is 4.26. The van der Waals surface area contributed by atoms with Crippen molar-refractivity contribution in [2.45, 2.75) is 12.5 Å². The van der Waals surface area contributed by atoms with E-state index in [1.54, 1.807) is 12.1 Å². The van der Waals surface area contributed by atoms with Gasteiger partial charge in [0.15, 0.2) is 0 Å². The summed E-state index contributed by atoms with van der Waals surface area (Å²) in [7, 11) is 1.49. The summed E-state index contributed by atoms with van der Waals surface area (Å²) < 4.78 is 4.95. The lowest BCUT2D eigenvalue weighted by Crippen LogP contribution is -2.41. The highest BCUT2D eigenvalue weighted by Crippen LogP contribution is 2.29. The second-order valence-electron chi connectivity index (χ2n) is 3.36. The molecule has 0 aromatic heterocycles. The Bertz CT molecular complexity index is 390. The molecule has 0 unspecified atom stereocenters. The molecule has 0 saturated heterocycles. The van der Waals surface area contributed by atoms with Crippen LogP contribution in [0.5, 0.6) is 5.75 Å². The summed E-state index contributed by atoms with van der Waals surface area (Å²) in [6, 6.07) is 4.67. The van der Waals surface area contributed by atoms with Gasteiger partial charge >= 0.3 is 5.97 Å². The van der Waals surface area contributed by atoms with E-state index in [0.717, 1.165) is 0 Å². The Hall–Kier alpha value is -1.26. The molecule has 0 radical (unpaired) electrons. The van der Waals surface area contributed by atoms with Gasteiger partial charge in [-0.05, 0) is 24.6 Å². The number of nitrogens with two attached hydrogens (primary N) is 1. The van der Waals surface area contributed by atoms with Crippen LogP contribution in [0.2, 0.25) is 5.02 Å². The molecule has 0 aliphatic carbocycles. The number of benzene rings is 1. The van der Waals surface area contributed by atoms with Crippen molar-refractivity contribution in [3.8, 4) is 5.75 Å². The monoisotopic (exact) mass is 229 g/mol. The summed E-state index contributed by atoms with van der Waals surface area (Å²) in [5, 5.41) is 9.25. The minimum atomic E-state index is -1.45. The maximum atomic E-state index is 10.9. The molecule has 0 aliphatic rings. The minimum absolute atomic E-state index is 0.341. The standard InChI is InChI=1S/C10H12ClNO3/c1-10(12,9(13)14)6-3-4-8(15-2)7(11)5-6/h3-5H,12H2,1-2H3,(H,13,14)/t10-/m0/s1. The number of halogens is 1. The van der Waals surface area contributed by atoms with Crippen LogP contribution in [0.25, 0.3) is 0 Å². The van der Waals surface area contributed by atoms with Crippen molar-refractivity contribution in [2.75, 3.05) is 7.11 Å². The number of carboxylic acid groups (broad SMARTS) is 1. The van der Waals surface area contributed by atoms with E-state index < -0.39 is 11.5 Å². The number of methoxy groups -OCH3 is 1. The van der Waals surface area contributed by atoms with Crippen molar-refractivity contribution in [1.29, 1.82) is 0 Å². The quantitative estimate of drug-likeness (QED) is 0.826. The zero-order valence-corrected chi connectivity index (χ0v) is 9.21. The van der Waals surface area contributed by atoms with Gasteiger partial charge in [-0.3, -0.25) is 0 Å². The largest absolute Gasteiger partial charge is 0.495 e. The number of rotatable bonds is 3. The number of hydrogen-bond donors (Lipinski definition) is 2. The molecule has 4 nitrogen and oxygen atoms in total. The topological polar surface area (TPSA) is 72.5 Å². The maximum Gasteiger partial charge on any atom is 0.328 e. The van der Waals surface area contributed by atoms with Gasteiger partial charge in [0, 0.05) is 0 Å². The third kappa shape index (κ3) is 2.22. The van der Waals surface area contributed by atoms with Crippen molar-refractivity contribution < 1.29 is 14.6 Å². The van der Waals surface area contributed by atoms with E-state index >= 15 is 0 Å². The van der Waals surface area contributed by atoms with Gasteiger partial charge in [-0.1, -0.05) is 17.7 Å². The fraction of sp³-hybridized carbons (Fsp3) is 0.300. The van der Waals surface area contributed by atoms with Gasteiger partial charge in [-0.2, -0.15) is 0 Å². The van der Waals surface area contributed by atoms with Crippen LogP contribution in [0.3, 0.4) is 0 Å². The van der Waals surface area contributed by atoms with Gasteiger partial charge < -0.3 is 15.6 Å². The van der Waals surface area contributed by atoms with E-state index in [-0.39, 0.29) is 0 Å². The van der Waals surface area contributed by atoms with Crippen LogP contribution in [0.15, 0.2) is 18.2 Å². The molecule has 3 N–H and O–H groups in total. The summed E-state index contributed by atoms with van der Waals surface area (Å²) in [5.41, 5.74) is 4.63. The van der Waals surface area contributed by atoms with E-state index in [1.807, 2.05) is 0 Å². The van der Waals surface area contributed by atoms with E-state index in [4.69, 9.17) is 27.2 Å². The van der Waals surface area contributed by atoms with E-state index in [0.29, 0.717) is 16.3 Å². The number of aliphatic carboxylic acids is 1. The van der Waals surface area contributed by atoms with Crippen molar-refractivity contribution >= 4 is 17.6 Å². The number of ether oxygens (including phenoxy) is 1. The van der Waals surface area contributed by atoms with E-state index in [2.05, 4.69) is 0 Å². The van der Waals surface area contributed by atoms with Crippen LogP contribution in [-0.2, 0) is 10.3 Å². The zero-order valence-electron chi connectivity index (χ0n) is 8.45. The molecule has 15 heavy (non-hydrogen) atoms. The molecular formula is C10H12ClNO3. The van der Waals surface area contributed by atoms with Crippen LogP contribution in [0.1, 0.15) is 12.5 Å². The normalized spacial score (nSPS) is 14.4. The molecule has 0 saturated carbocycles. The second kappa shape index (κ2) is 4.08. The van der Waals surface area contributed by atoms with Crippen LogP contribution >= 0.6 is 11.6 Å². The Labute approximate surface area is 92.6 Å². The Kier molecular flexibility index (Phi) is 3.21. The van der Waals surface area contributed by atoms with Crippen molar-refractivity contribution in [3.63, 3.8) is 0 Å². The highest BCUT2D eigenvalue weighted by molar-refractivity contribution is 6.32. The lowest BCUT2D eigenvalue weighted by molar-refractivity contribution is -0.143. The Balaban J connectivity index is 3.18. The first-order chi connectivity index (χ1) is 6.89. The molecule has 0 heterocycles. The van der Waals surface area contributed by atoms with Crippen molar-refractivity contribution in [2.24, 2.45) is 5.73 Å². The summed E-state index contributed by atoms with van der Waals surface area (Å²) in [6.45, 7) is 1.41. The summed E-state index contributed by atoms with van der Waals surface area (Å²) in [6.07, 6.45) is 0. The number of carbonyl (C=O) groups is 1. The first-order valence-corrected chi connectivity index (χ1v) is 4.63. The lowest BCUT2D eigenvalue weighted by Gasteiger charge is -2.20. The van der Waals surface area contributed by atoms with E-state index in [1.165, 1.54) is 20.1 Å². The summed E-state index contributed by atoms with van der Waals surface area (Å²) in [5.74, 6) is -0.620. The predicted octanol–water partition coefficient (Wildman–Crippen LogP) is 1.61. The van der Waals surface area contributed by atoms with Crippen LogP contribution in [0, 0.1) is 0 Å². The van der Waals surface area contributed by atoms with Crippen molar-refractivity contribution in [3.05, 3.63) is 28.8 Å². The third-order valence-electron chi connectivity index (χ3n) is 2.20. The minimum Gasteiger partial charge on any atom is -0.495 e. The summed E-state index contributed by atoms with van der Waals surface area (Å²) >= 11 is 5.87. The Morgan fingerprint density at radius 2 is 2.20 bits per heavy atom. The third-order valence-corrected chi connectivity index (χ3v) is 2.49. The first kappa shape index (κ1) is 11.8.